The van der Waals surface area contributed by atoms with E-state index >= 15 is 0 Å². The zero-order chi connectivity index (χ0) is 15.1. The number of nitrogens with zero attached hydrogens (tertiary/aromatic N) is 1. The maximum atomic E-state index is 11.6. The van der Waals surface area contributed by atoms with Crippen LogP contribution >= 0.6 is 15.9 Å². The number of anilines is 1. The molecule has 21 heavy (non-hydrogen) atoms. The van der Waals surface area contributed by atoms with Crippen molar-refractivity contribution in [2.45, 2.75) is 13.0 Å². The molecule has 2 N–H and O–H groups in total. The summed E-state index contributed by atoms with van der Waals surface area (Å²) in [4.78, 5) is 15.7. The fourth-order valence-corrected chi connectivity index (χ4v) is 1.81. The zero-order valence-corrected chi connectivity index (χ0v) is 12.9. The number of pyridine rings is 1. The average molecular weight is 351 g/mol. The number of esters is 1. The molecule has 0 spiro atoms. The number of carbonyl (C=O) groups excluding carboxylic acids is 1. The lowest BCUT2D eigenvalue weighted by Gasteiger charge is -2.07. The van der Waals surface area contributed by atoms with Crippen LogP contribution in [0.5, 0.6) is 5.75 Å². The first kappa shape index (κ1) is 15.3. The average Bonchev–Trinajstić information content (AvgIpc) is 2.47. The minimum Gasteiger partial charge on any atom is -0.493 e. The van der Waals surface area contributed by atoms with Gasteiger partial charge in [-0.15, -0.1) is 0 Å². The molecule has 0 saturated heterocycles. The van der Waals surface area contributed by atoms with E-state index in [1.807, 2.05) is 6.07 Å². The monoisotopic (exact) mass is 350 g/mol. The Morgan fingerprint density at radius 1 is 1.29 bits per heavy atom. The van der Waals surface area contributed by atoms with E-state index in [-0.39, 0.29) is 25.6 Å². The van der Waals surface area contributed by atoms with Gasteiger partial charge in [-0.3, -0.25) is 9.78 Å². The van der Waals surface area contributed by atoms with Crippen LogP contribution in [0.1, 0.15) is 12.1 Å². The number of hydrogen-bond acceptors (Lipinski definition) is 5. The SMILES string of the molecule is Nc1cccc(OCCC(=O)OCc2ccc(Br)cn2)c1. The summed E-state index contributed by atoms with van der Waals surface area (Å²) in [6, 6.07) is 10.7. The van der Waals surface area contributed by atoms with Crippen LogP contribution in [0.2, 0.25) is 0 Å². The van der Waals surface area contributed by atoms with Gasteiger partial charge in [0.2, 0.25) is 0 Å². The number of rotatable bonds is 6. The molecule has 6 heteroatoms. The highest BCUT2D eigenvalue weighted by Gasteiger charge is 2.05. The van der Waals surface area contributed by atoms with Crippen molar-refractivity contribution in [3.05, 3.63) is 52.8 Å². The van der Waals surface area contributed by atoms with Gasteiger partial charge >= 0.3 is 5.97 Å². The van der Waals surface area contributed by atoms with Gasteiger partial charge in [-0.25, -0.2) is 0 Å². The van der Waals surface area contributed by atoms with E-state index in [0.29, 0.717) is 17.1 Å². The third-order valence-corrected chi connectivity index (χ3v) is 3.07. The van der Waals surface area contributed by atoms with Gasteiger partial charge in [-0.2, -0.15) is 0 Å². The molecule has 0 aliphatic rings. The molecular weight excluding hydrogens is 336 g/mol. The van der Waals surface area contributed by atoms with Crippen molar-refractivity contribution in [1.82, 2.24) is 4.98 Å². The summed E-state index contributed by atoms with van der Waals surface area (Å²) in [6.45, 7) is 0.403. The number of nitrogens with two attached hydrogens (primary N) is 1. The van der Waals surface area contributed by atoms with Crippen molar-refractivity contribution in [3.8, 4) is 5.75 Å². The molecule has 0 aliphatic heterocycles. The second-order valence-electron chi connectivity index (χ2n) is 4.30. The summed E-state index contributed by atoms with van der Waals surface area (Å²) in [6.07, 6.45) is 1.83. The highest BCUT2D eigenvalue weighted by molar-refractivity contribution is 9.10. The van der Waals surface area contributed by atoms with E-state index in [0.717, 1.165) is 4.47 Å². The Kier molecular flexibility index (Phi) is 5.57. The normalized spacial score (nSPS) is 10.1. The van der Waals surface area contributed by atoms with E-state index in [2.05, 4.69) is 20.9 Å². The quantitative estimate of drug-likeness (QED) is 0.640. The van der Waals surface area contributed by atoms with Crippen molar-refractivity contribution in [2.24, 2.45) is 0 Å². The topological polar surface area (TPSA) is 74.4 Å². The van der Waals surface area contributed by atoms with Crippen LogP contribution in [0.3, 0.4) is 0 Å². The molecule has 0 fully saturated rings. The Hall–Kier alpha value is -2.08. The summed E-state index contributed by atoms with van der Waals surface area (Å²) in [5, 5.41) is 0. The Morgan fingerprint density at radius 2 is 2.14 bits per heavy atom. The van der Waals surface area contributed by atoms with Gasteiger partial charge in [0.25, 0.3) is 0 Å². The van der Waals surface area contributed by atoms with E-state index in [1.165, 1.54) is 0 Å². The Balaban J connectivity index is 1.69. The minimum absolute atomic E-state index is 0.157. The number of ether oxygens (including phenoxy) is 2. The Labute approximate surface area is 131 Å². The number of halogens is 1. The lowest BCUT2D eigenvalue weighted by molar-refractivity contribution is -0.145. The number of aromatic nitrogens is 1. The maximum Gasteiger partial charge on any atom is 0.309 e. The molecule has 2 aromatic rings. The molecule has 0 aliphatic carbocycles. The van der Waals surface area contributed by atoms with Crippen LogP contribution in [-0.2, 0) is 16.1 Å². The zero-order valence-electron chi connectivity index (χ0n) is 11.3. The van der Waals surface area contributed by atoms with Gasteiger partial charge in [0, 0.05) is 22.4 Å². The highest BCUT2D eigenvalue weighted by atomic mass is 79.9. The summed E-state index contributed by atoms with van der Waals surface area (Å²) in [7, 11) is 0. The summed E-state index contributed by atoms with van der Waals surface area (Å²) in [5.74, 6) is 0.306. The third-order valence-electron chi connectivity index (χ3n) is 2.60. The Bertz CT molecular complexity index is 602. The first-order valence-electron chi connectivity index (χ1n) is 6.38. The maximum absolute atomic E-state index is 11.6. The molecule has 2 rings (SSSR count). The van der Waals surface area contributed by atoms with Gasteiger partial charge < -0.3 is 15.2 Å². The van der Waals surface area contributed by atoms with Crippen molar-refractivity contribution in [2.75, 3.05) is 12.3 Å². The van der Waals surface area contributed by atoms with E-state index in [9.17, 15) is 4.79 Å². The van der Waals surface area contributed by atoms with Crippen LogP contribution in [0, 0.1) is 0 Å². The van der Waals surface area contributed by atoms with Gasteiger partial charge in [-0.1, -0.05) is 6.07 Å². The summed E-state index contributed by atoms with van der Waals surface area (Å²) < 4.78 is 11.4. The van der Waals surface area contributed by atoms with Gasteiger partial charge in [0.05, 0.1) is 18.7 Å². The van der Waals surface area contributed by atoms with E-state index < -0.39 is 0 Å². The van der Waals surface area contributed by atoms with Crippen molar-refractivity contribution < 1.29 is 14.3 Å². The minimum atomic E-state index is -0.330. The number of benzene rings is 1. The predicted molar refractivity (Wildman–Crippen MR) is 82.7 cm³/mol. The molecule has 1 aromatic heterocycles. The largest absolute Gasteiger partial charge is 0.493 e. The molecule has 0 unspecified atom stereocenters. The van der Waals surface area contributed by atoms with Gasteiger partial charge in [-0.05, 0) is 40.2 Å². The van der Waals surface area contributed by atoms with Crippen LogP contribution in [0.15, 0.2) is 47.1 Å². The highest BCUT2D eigenvalue weighted by Crippen LogP contribution is 2.14. The second-order valence-corrected chi connectivity index (χ2v) is 5.22. The van der Waals surface area contributed by atoms with Crippen molar-refractivity contribution in [1.29, 1.82) is 0 Å². The summed E-state index contributed by atoms with van der Waals surface area (Å²) >= 11 is 3.29. The Morgan fingerprint density at radius 3 is 2.86 bits per heavy atom. The van der Waals surface area contributed by atoms with Crippen molar-refractivity contribution >= 4 is 27.6 Å². The molecule has 1 aromatic carbocycles. The smallest absolute Gasteiger partial charge is 0.309 e. The third kappa shape index (κ3) is 5.43. The molecule has 0 amide bonds. The lowest BCUT2D eigenvalue weighted by atomic mass is 10.3. The lowest BCUT2D eigenvalue weighted by Crippen LogP contribution is -2.10. The fourth-order valence-electron chi connectivity index (χ4n) is 1.57. The van der Waals surface area contributed by atoms with Crippen molar-refractivity contribution in [3.63, 3.8) is 0 Å². The molecule has 5 nitrogen and oxygen atoms in total. The summed E-state index contributed by atoms with van der Waals surface area (Å²) in [5.41, 5.74) is 6.95. The van der Waals surface area contributed by atoms with Crippen LogP contribution in [0.4, 0.5) is 5.69 Å². The second kappa shape index (κ2) is 7.64. The van der Waals surface area contributed by atoms with Crippen LogP contribution < -0.4 is 10.5 Å². The first-order chi connectivity index (χ1) is 10.1. The molecule has 0 bridgehead atoms. The molecular formula is C15H15BrN2O3. The number of carbonyl (C=O) groups is 1. The fraction of sp³-hybridized carbons (Fsp3) is 0.200. The van der Waals surface area contributed by atoms with Crippen LogP contribution in [-0.4, -0.2) is 17.6 Å². The van der Waals surface area contributed by atoms with E-state index in [4.69, 9.17) is 15.2 Å². The molecule has 0 saturated carbocycles. The number of hydrogen-bond donors (Lipinski definition) is 1. The molecule has 110 valence electrons. The van der Waals surface area contributed by atoms with Crippen LogP contribution in [0.25, 0.3) is 0 Å². The van der Waals surface area contributed by atoms with Gasteiger partial charge in [0.15, 0.2) is 0 Å². The first-order valence-corrected chi connectivity index (χ1v) is 7.17. The van der Waals surface area contributed by atoms with Gasteiger partial charge in [0.1, 0.15) is 12.4 Å². The number of nitrogen functional groups attached to an aromatic ring is 1. The van der Waals surface area contributed by atoms with E-state index in [1.54, 1.807) is 36.5 Å². The molecule has 1 heterocycles. The standard InChI is InChI=1S/C15H15BrN2O3/c16-11-4-5-13(18-9-11)10-21-15(19)6-7-20-14-3-1-2-12(17)8-14/h1-5,8-9H,6-7,10,17H2. The molecule has 0 radical (unpaired) electrons. The molecule has 0 atom stereocenters. The predicted octanol–water partition coefficient (Wildman–Crippen LogP) is 2.94.